The van der Waals surface area contributed by atoms with Gasteiger partial charge in [0.2, 0.25) is 0 Å². The maximum Gasteiger partial charge on any atom is 0.173 e. The SMILES string of the molecule is COc1ccccc1CC(N)c1ccc(F)c(F)c1Br. The average Bonchev–Trinajstić information content (AvgIpc) is 2.45. The van der Waals surface area contributed by atoms with Crippen LogP contribution < -0.4 is 10.5 Å². The summed E-state index contributed by atoms with van der Waals surface area (Å²) in [4.78, 5) is 0. The van der Waals surface area contributed by atoms with E-state index in [9.17, 15) is 8.78 Å². The van der Waals surface area contributed by atoms with E-state index < -0.39 is 17.7 Å². The highest BCUT2D eigenvalue weighted by Gasteiger charge is 2.17. The van der Waals surface area contributed by atoms with Gasteiger partial charge in [-0.25, -0.2) is 8.78 Å². The molecule has 0 saturated carbocycles. The Labute approximate surface area is 124 Å². The molecule has 2 aromatic rings. The Kier molecular flexibility index (Phi) is 4.73. The summed E-state index contributed by atoms with van der Waals surface area (Å²) in [7, 11) is 1.58. The fourth-order valence-corrected chi connectivity index (χ4v) is 2.66. The van der Waals surface area contributed by atoms with Gasteiger partial charge in [-0.1, -0.05) is 24.3 Å². The highest BCUT2D eigenvalue weighted by atomic mass is 79.9. The predicted molar refractivity (Wildman–Crippen MR) is 77.7 cm³/mol. The Balaban J connectivity index is 2.29. The van der Waals surface area contributed by atoms with Gasteiger partial charge in [-0.3, -0.25) is 0 Å². The van der Waals surface area contributed by atoms with Crippen molar-refractivity contribution in [2.24, 2.45) is 5.73 Å². The molecule has 0 aromatic heterocycles. The summed E-state index contributed by atoms with van der Waals surface area (Å²) in [6.45, 7) is 0. The first-order valence-corrected chi connectivity index (χ1v) is 6.84. The molecule has 0 fully saturated rings. The van der Waals surface area contributed by atoms with E-state index in [2.05, 4.69) is 15.9 Å². The van der Waals surface area contributed by atoms with E-state index in [1.165, 1.54) is 6.07 Å². The first-order chi connectivity index (χ1) is 9.54. The van der Waals surface area contributed by atoms with Crippen LogP contribution in [-0.2, 0) is 6.42 Å². The third-order valence-corrected chi connectivity index (χ3v) is 3.90. The molecule has 0 aliphatic rings. The van der Waals surface area contributed by atoms with Crippen LogP contribution >= 0.6 is 15.9 Å². The molecule has 2 nitrogen and oxygen atoms in total. The van der Waals surface area contributed by atoms with Crippen LogP contribution in [0.5, 0.6) is 5.75 Å². The number of halogens is 3. The van der Waals surface area contributed by atoms with Crippen molar-refractivity contribution in [3.8, 4) is 5.75 Å². The molecule has 5 heteroatoms. The molecule has 0 saturated heterocycles. The molecule has 0 heterocycles. The minimum absolute atomic E-state index is 0.0693. The summed E-state index contributed by atoms with van der Waals surface area (Å²) in [6, 6.07) is 9.58. The van der Waals surface area contributed by atoms with Crippen molar-refractivity contribution in [1.29, 1.82) is 0 Å². The lowest BCUT2D eigenvalue weighted by Crippen LogP contribution is -2.15. The molecule has 2 rings (SSSR count). The normalized spacial score (nSPS) is 12.2. The second-order valence-electron chi connectivity index (χ2n) is 4.39. The lowest BCUT2D eigenvalue weighted by atomic mass is 9.99. The standard InChI is InChI=1S/C15H14BrF2NO/c1-20-13-5-3-2-4-9(13)8-12(19)10-6-7-11(17)15(18)14(10)16/h2-7,12H,8,19H2,1H3. The third-order valence-electron chi connectivity index (χ3n) is 3.10. The molecule has 0 amide bonds. The molecular weight excluding hydrogens is 328 g/mol. The van der Waals surface area contributed by atoms with Gasteiger partial charge in [-0.15, -0.1) is 0 Å². The van der Waals surface area contributed by atoms with E-state index in [1.54, 1.807) is 7.11 Å². The highest BCUT2D eigenvalue weighted by molar-refractivity contribution is 9.10. The van der Waals surface area contributed by atoms with Crippen LogP contribution in [0.15, 0.2) is 40.9 Å². The Morgan fingerprint density at radius 1 is 1.20 bits per heavy atom. The van der Waals surface area contributed by atoms with E-state index >= 15 is 0 Å². The van der Waals surface area contributed by atoms with Crippen molar-refractivity contribution >= 4 is 15.9 Å². The molecule has 106 valence electrons. The van der Waals surface area contributed by atoms with Gasteiger partial charge in [0.25, 0.3) is 0 Å². The van der Waals surface area contributed by atoms with Crippen LogP contribution in [0.3, 0.4) is 0 Å². The molecule has 0 radical (unpaired) electrons. The summed E-state index contributed by atoms with van der Waals surface area (Å²) in [5.41, 5.74) is 7.53. The first-order valence-electron chi connectivity index (χ1n) is 6.05. The van der Waals surface area contributed by atoms with E-state index in [-0.39, 0.29) is 4.47 Å². The molecule has 20 heavy (non-hydrogen) atoms. The fourth-order valence-electron chi connectivity index (χ4n) is 2.05. The fraction of sp³-hybridized carbons (Fsp3) is 0.200. The number of benzene rings is 2. The topological polar surface area (TPSA) is 35.2 Å². The van der Waals surface area contributed by atoms with Gasteiger partial charge in [0, 0.05) is 6.04 Å². The molecule has 1 atom stereocenters. The Hall–Kier alpha value is -1.46. The van der Waals surface area contributed by atoms with E-state index in [0.29, 0.717) is 12.0 Å². The number of para-hydroxylation sites is 1. The maximum absolute atomic E-state index is 13.5. The van der Waals surface area contributed by atoms with Crippen LogP contribution in [-0.4, -0.2) is 7.11 Å². The van der Waals surface area contributed by atoms with Crippen molar-refractivity contribution in [3.63, 3.8) is 0 Å². The van der Waals surface area contributed by atoms with E-state index in [4.69, 9.17) is 10.5 Å². The molecule has 0 spiro atoms. The monoisotopic (exact) mass is 341 g/mol. The zero-order valence-electron chi connectivity index (χ0n) is 10.9. The first kappa shape index (κ1) is 14.9. The molecule has 0 aliphatic heterocycles. The number of methoxy groups -OCH3 is 1. The largest absolute Gasteiger partial charge is 0.496 e. The molecule has 2 N–H and O–H groups in total. The van der Waals surface area contributed by atoms with Crippen molar-refractivity contribution < 1.29 is 13.5 Å². The van der Waals surface area contributed by atoms with Gasteiger partial charge in [-0.2, -0.15) is 0 Å². The summed E-state index contributed by atoms with van der Waals surface area (Å²) < 4.78 is 32.0. The number of nitrogens with two attached hydrogens (primary N) is 1. The third kappa shape index (κ3) is 2.99. The van der Waals surface area contributed by atoms with Crippen molar-refractivity contribution in [1.82, 2.24) is 0 Å². The zero-order chi connectivity index (χ0) is 14.7. The number of hydrogen-bond donors (Lipinski definition) is 1. The number of rotatable bonds is 4. The second-order valence-corrected chi connectivity index (χ2v) is 5.18. The van der Waals surface area contributed by atoms with Gasteiger partial charge in [-0.05, 0) is 45.6 Å². The van der Waals surface area contributed by atoms with Crippen molar-refractivity contribution in [2.75, 3.05) is 7.11 Å². The highest BCUT2D eigenvalue weighted by Crippen LogP contribution is 2.30. The van der Waals surface area contributed by atoms with Gasteiger partial charge >= 0.3 is 0 Å². The van der Waals surface area contributed by atoms with E-state index in [1.807, 2.05) is 24.3 Å². The van der Waals surface area contributed by atoms with Gasteiger partial charge in [0.15, 0.2) is 11.6 Å². The van der Waals surface area contributed by atoms with Crippen LogP contribution in [0, 0.1) is 11.6 Å². The van der Waals surface area contributed by atoms with Gasteiger partial charge in [0.1, 0.15) is 5.75 Å². The summed E-state index contributed by atoms with van der Waals surface area (Å²) in [5.74, 6) is -1.09. The average molecular weight is 342 g/mol. The predicted octanol–water partition coefficient (Wildman–Crippen LogP) is 3.98. The van der Waals surface area contributed by atoms with Crippen molar-refractivity contribution in [3.05, 3.63) is 63.6 Å². The van der Waals surface area contributed by atoms with Gasteiger partial charge in [0.05, 0.1) is 11.6 Å². The molecule has 2 aromatic carbocycles. The van der Waals surface area contributed by atoms with Crippen LogP contribution in [0.4, 0.5) is 8.78 Å². The summed E-state index contributed by atoms with van der Waals surface area (Å²) in [6.07, 6.45) is 0.466. The van der Waals surface area contributed by atoms with Crippen LogP contribution in [0.2, 0.25) is 0 Å². The smallest absolute Gasteiger partial charge is 0.173 e. The molecular formula is C15H14BrF2NO. The maximum atomic E-state index is 13.5. The Morgan fingerprint density at radius 2 is 1.90 bits per heavy atom. The van der Waals surface area contributed by atoms with Crippen molar-refractivity contribution in [2.45, 2.75) is 12.5 Å². The minimum atomic E-state index is -0.919. The van der Waals surface area contributed by atoms with Gasteiger partial charge < -0.3 is 10.5 Å². The quantitative estimate of drug-likeness (QED) is 0.853. The number of ether oxygens (including phenoxy) is 1. The van der Waals surface area contributed by atoms with E-state index in [0.717, 1.165) is 17.4 Å². The minimum Gasteiger partial charge on any atom is -0.496 e. The zero-order valence-corrected chi connectivity index (χ0v) is 12.5. The lowest BCUT2D eigenvalue weighted by Gasteiger charge is -2.16. The number of hydrogen-bond acceptors (Lipinski definition) is 2. The lowest BCUT2D eigenvalue weighted by molar-refractivity contribution is 0.408. The second kappa shape index (κ2) is 6.33. The van der Waals surface area contributed by atoms with Crippen LogP contribution in [0.25, 0.3) is 0 Å². The summed E-state index contributed by atoms with van der Waals surface area (Å²) >= 11 is 3.05. The summed E-state index contributed by atoms with van der Waals surface area (Å²) in [5, 5.41) is 0. The molecule has 0 bridgehead atoms. The molecule has 1 unspecified atom stereocenters. The Bertz CT molecular complexity index is 619. The molecule has 0 aliphatic carbocycles. The Morgan fingerprint density at radius 3 is 2.60 bits per heavy atom. The van der Waals surface area contributed by atoms with Crippen LogP contribution in [0.1, 0.15) is 17.2 Å².